The molecular weight excluding hydrogens is 431 g/mol. The van der Waals surface area contributed by atoms with Crippen molar-refractivity contribution in [1.82, 2.24) is 10.2 Å². The Bertz CT molecular complexity index is 864. The third-order valence-electron chi connectivity index (χ3n) is 4.38. The van der Waals surface area contributed by atoms with E-state index in [0.717, 1.165) is 11.1 Å². The van der Waals surface area contributed by atoms with Crippen molar-refractivity contribution in [2.45, 2.75) is 25.3 Å². The van der Waals surface area contributed by atoms with E-state index in [2.05, 4.69) is 5.32 Å². The van der Waals surface area contributed by atoms with E-state index in [1.165, 1.54) is 11.8 Å². The van der Waals surface area contributed by atoms with Crippen LogP contribution in [0, 0.1) is 0 Å². The minimum absolute atomic E-state index is 0.117. The van der Waals surface area contributed by atoms with Gasteiger partial charge in [0.1, 0.15) is 11.8 Å². The van der Waals surface area contributed by atoms with Crippen molar-refractivity contribution in [2.75, 3.05) is 19.9 Å². The minimum atomic E-state index is -0.593. The molecule has 0 saturated heterocycles. The third kappa shape index (κ3) is 6.84. The number of hydrogen-bond donors (Lipinski definition) is 1. The van der Waals surface area contributed by atoms with Gasteiger partial charge in [0.05, 0.1) is 22.9 Å². The Balaban J connectivity index is 2.06. The summed E-state index contributed by atoms with van der Waals surface area (Å²) in [5, 5.41) is 3.60. The molecule has 29 heavy (non-hydrogen) atoms. The van der Waals surface area contributed by atoms with Crippen LogP contribution in [0.5, 0.6) is 5.75 Å². The number of halogens is 2. The summed E-state index contributed by atoms with van der Waals surface area (Å²) in [7, 11) is 3.15. The maximum absolute atomic E-state index is 12.9. The van der Waals surface area contributed by atoms with Gasteiger partial charge in [-0.25, -0.2) is 0 Å². The van der Waals surface area contributed by atoms with Crippen LogP contribution in [0.25, 0.3) is 0 Å². The van der Waals surface area contributed by atoms with Crippen LogP contribution in [0.2, 0.25) is 10.0 Å². The first-order valence-corrected chi connectivity index (χ1v) is 10.9. The standard InChI is InChI=1S/C21H24Cl2N2O3S/c1-14(21(27)24-2)25(11-15-5-4-6-17(9-15)28-3)20(26)13-29-12-16-7-8-18(22)19(23)10-16/h4-10,14H,11-13H2,1-3H3,(H,24,27). The quantitative estimate of drug-likeness (QED) is 0.609. The van der Waals surface area contributed by atoms with E-state index in [0.29, 0.717) is 28.1 Å². The lowest BCUT2D eigenvalue weighted by Crippen LogP contribution is -2.47. The first-order chi connectivity index (χ1) is 13.8. The first-order valence-electron chi connectivity index (χ1n) is 9.01. The Morgan fingerprint density at radius 3 is 2.55 bits per heavy atom. The molecule has 0 aliphatic heterocycles. The largest absolute Gasteiger partial charge is 0.497 e. The van der Waals surface area contributed by atoms with Crippen molar-refractivity contribution in [2.24, 2.45) is 0 Å². The number of carbonyl (C=O) groups excluding carboxylic acids is 2. The lowest BCUT2D eigenvalue weighted by molar-refractivity contribution is -0.138. The average molecular weight is 455 g/mol. The number of thioether (sulfide) groups is 1. The zero-order valence-corrected chi connectivity index (χ0v) is 18.9. The molecule has 0 radical (unpaired) electrons. The summed E-state index contributed by atoms with van der Waals surface area (Å²) < 4.78 is 5.25. The van der Waals surface area contributed by atoms with E-state index >= 15 is 0 Å². The van der Waals surface area contributed by atoms with Gasteiger partial charge in [-0.15, -0.1) is 11.8 Å². The second-order valence-electron chi connectivity index (χ2n) is 6.40. The summed E-state index contributed by atoms with van der Waals surface area (Å²) in [6.45, 7) is 2.04. The predicted molar refractivity (Wildman–Crippen MR) is 120 cm³/mol. The molecule has 0 spiro atoms. The number of benzene rings is 2. The third-order valence-corrected chi connectivity index (χ3v) is 6.11. The molecule has 156 valence electrons. The minimum Gasteiger partial charge on any atom is -0.497 e. The van der Waals surface area contributed by atoms with Crippen molar-refractivity contribution in [3.8, 4) is 5.75 Å². The number of hydrogen-bond acceptors (Lipinski definition) is 4. The van der Waals surface area contributed by atoms with Crippen LogP contribution in [0.3, 0.4) is 0 Å². The average Bonchev–Trinajstić information content (AvgIpc) is 2.73. The molecule has 0 aliphatic rings. The molecule has 2 amide bonds. The highest BCUT2D eigenvalue weighted by atomic mass is 35.5. The summed E-state index contributed by atoms with van der Waals surface area (Å²) in [6.07, 6.45) is 0. The Morgan fingerprint density at radius 2 is 1.90 bits per heavy atom. The summed E-state index contributed by atoms with van der Waals surface area (Å²) in [5.41, 5.74) is 1.87. The van der Waals surface area contributed by atoms with Gasteiger partial charge < -0.3 is 15.0 Å². The van der Waals surface area contributed by atoms with Gasteiger partial charge >= 0.3 is 0 Å². The number of methoxy groups -OCH3 is 1. The van der Waals surface area contributed by atoms with Crippen molar-refractivity contribution >= 4 is 46.8 Å². The van der Waals surface area contributed by atoms with Gasteiger partial charge in [-0.3, -0.25) is 9.59 Å². The summed E-state index contributed by atoms with van der Waals surface area (Å²) in [4.78, 5) is 26.7. The number of carbonyl (C=O) groups is 2. The molecule has 1 N–H and O–H groups in total. The zero-order valence-electron chi connectivity index (χ0n) is 16.6. The number of ether oxygens (including phenoxy) is 1. The molecule has 8 heteroatoms. The molecule has 0 bridgehead atoms. The maximum Gasteiger partial charge on any atom is 0.242 e. The van der Waals surface area contributed by atoms with Crippen LogP contribution in [-0.4, -0.2) is 42.7 Å². The molecular formula is C21H24Cl2N2O3S. The van der Waals surface area contributed by atoms with E-state index < -0.39 is 6.04 Å². The van der Waals surface area contributed by atoms with Crippen LogP contribution in [0.1, 0.15) is 18.1 Å². The van der Waals surface area contributed by atoms with Crippen LogP contribution < -0.4 is 10.1 Å². The van der Waals surface area contributed by atoms with Crippen molar-refractivity contribution in [3.05, 3.63) is 63.6 Å². The molecule has 1 atom stereocenters. The fourth-order valence-corrected chi connectivity index (χ4v) is 3.91. The van der Waals surface area contributed by atoms with Gasteiger partial charge in [0.15, 0.2) is 0 Å². The van der Waals surface area contributed by atoms with Crippen molar-refractivity contribution < 1.29 is 14.3 Å². The molecule has 0 saturated carbocycles. The van der Waals surface area contributed by atoms with E-state index in [-0.39, 0.29) is 17.6 Å². The topological polar surface area (TPSA) is 58.6 Å². The smallest absolute Gasteiger partial charge is 0.242 e. The van der Waals surface area contributed by atoms with Gasteiger partial charge in [-0.2, -0.15) is 0 Å². The second kappa shape index (κ2) is 11.3. The lowest BCUT2D eigenvalue weighted by atomic mass is 10.1. The van der Waals surface area contributed by atoms with E-state index in [1.807, 2.05) is 30.3 Å². The Kier molecular flexibility index (Phi) is 9.14. The zero-order chi connectivity index (χ0) is 21.4. The number of likely N-dealkylation sites (N-methyl/N-ethyl adjacent to an activating group) is 1. The fraction of sp³-hybridized carbons (Fsp3) is 0.333. The van der Waals surface area contributed by atoms with Crippen LogP contribution >= 0.6 is 35.0 Å². The van der Waals surface area contributed by atoms with Gasteiger partial charge in [0.2, 0.25) is 11.8 Å². The summed E-state index contributed by atoms with van der Waals surface area (Å²) >= 11 is 13.4. The molecule has 0 aliphatic carbocycles. The normalized spacial score (nSPS) is 11.6. The maximum atomic E-state index is 12.9. The van der Waals surface area contributed by atoms with E-state index in [1.54, 1.807) is 38.1 Å². The van der Waals surface area contributed by atoms with Gasteiger partial charge in [0.25, 0.3) is 0 Å². The Labute approximate surface area is 185 Å². The molecule has 1 unspecified atom stereocenters. The first kappa shape index (κ1) is 23.4. The lowest BCUT2D eigenvalue weighted by Gasteiger charge is -2.28. The number of rotatable bonds is 9. The second-order valence-corrected chi connectivity index (χ2v) is 8.20. The monoisotopic (exact) mass is 454 g/mol. The predicted octanol–water partition coefficient (Wildman–Crippen LogP) is 4.40. The van der Waals surface area contributed by atoms with Crippen LogP contribution in [0.4, 0.5) is 0 Å². The summed E-state index contributed by atoms with van der Waals surface area (Å²) in [5.74, 6) is 1.23. The molecule has 0 aromatic heterocycles. The SMILES string of the molecule is CNC(=O)C(C)N(Cc1cccc(OC)c1)C(=O)CSCc1ccc(Cl)c(Cl)c1. The van der Waals surface area contributed by atoms with Crippen molar-refractivity contribution in [1.29, 1.82) is 0 Å². The van der Waals surface area contributed by atoms with Gasteiger partial charge in [0, 0.05) is 19.3 Å². The number of nitrogens with zero attached hydrogens (tertiary/aromatic N) is 1. The van der Waals surface area contributed by atoms with E-state index in [4.69, 9.17) is 27.9 Å². The Morgan fingerprint density at radius 1 is 1.14 bits per heavy atom. The highest BCUT2D eigenvalue weighted by Gasteiger charge is 2.25. The molecule has 5 nitrogen and oxygen atoms in total. The van der Waals surface area contributed by atoms with Crippen LogP contribution in [0.15, 0.2) is 42.5 Å². The van der Waals surface area contributed by atoms with E-state index in [9.17, 15) is 9.59 Å². The summed E-state index contributed by atoms with van der Waals surface area (Å²) in [6, 6.07) is 12.3. The highest BCUT2D eigenvalue weighted by Crippen LogP contribution is 2.25. The highest BCUT2D eigenvalue weighted by molar-refractivity contribution is 7.99. The van der Waals surface area contributed by atoms with Crippen molar-refractivity contribution in [3.63, 3.8) is 0 Å². The molecule has 0 heterocycles. The molecule has 2 aromatic rings. The molecule has 2 aromatic carbocycles. The number of amides is 2. The Hall–Kier alpha value is -1.89. The number of nitrogens with one attached hydrogen (secondary N) is 1. The van der Waals surface area contributed by atoms with Gasteiger partial charge in [-0.1, -0.05) is 41.4 Å². The molecule has 2 rings (SSSR count). The van der Waals surface area contributed by atoms with Gasteiger partial charge in [-0.05, 0) is 42.3 Å². The molecule has 0 fully saturated rings. The fourth-order valence-electron chi connectivity index (χ4n) is 2.73. The van der Waals surface area contributed by atoms with Crippen LogP contribution in [-0.2, 0) is 21.9 Å².